The lowest BCUT2D eigenvalue weighted by Gasteiger charge is -2.30. The predicted octanol–water partition coefficient (Wildman–Crippen LogP) is 4.00. The number of aromatic nitrogens is 2. The number of H-pyrrole nitrogens is 1. The lowest BCUT2D eigenvalue weighted by Crippen LogP contribution is -2.32. The molecule has 6 heteroatoms. The van der Waals surface area contributed by atoms with E-state index in [4.69, 9.17) is 23.2 Å². The van der Waals surface area contributed by atoms with Crippen LogP contribution in [0.25, 0.3) is 0 Å². The monoisotopic (exact) mass is 337 g/mol. The van der Waals surface area contributed by atoms with Crippen LogP contribution in [0.1, 0.15) is 31.2 Å². The lowest BCUT2D eigenvalue weighted by atomic mass is 9.79. The zero-order valence-corrected chi connectivity index (χ0v) is 13.5. The van der Waals surface area contributed by atoms with E-state index in [2.05, 4.69) is 27.6 Å². The summed E-state index contributed by atoms with van der Waals surface area (Å²) in [5.74, 6) is 0. The van der Waals surface area contributed by atoms with Crippen molar-refractivity contribution in [2.45, 2.75) is 31.1 Å². The minimum atomic E-state index is -0.376. The summed E-state index contributed by atoms with van der Waals surface area (Å²) < 4.78 is 0. The average molecular weight is 338 g/mol. The van der Waals surface area contributed by atoms with Crippen LogP contribution in [-0.4, -0.2) is 16.7 Å². The first-order chi connectivity index (χ1) is 10.6. The molecule has 1 fully saturated rings. The van der Waals surface area contributed by atoms with Crippen LogP contribution in [0.4, 0.5) is 5.69 Å². The van der Waals surface area contributed by atoms with E-state index in [9.17, 15) is 4.79 Å². The number of aromatic amines is 1. The molecule has 1 aromatic heterocycles. The smallest absolute Gasteiger partial charge is 0.285 e. The van der Waals surface area contributed by atoms with E-state index >= 15 is 0 Å². The fourth-order valence-electron chi connectivity index (χ4n) is 3.19. The van der Waals surface area contributed by atoms with E-state index in [-0.39, 0.29) is 16.0 Å². The molecule has 0 saturated heterocycles. The van der Waals surface area contributed by atoms with Crippen molar-refractivity contribution in [2.75, 3.05) is 11.9 Å². The van der Waals surface area contributed by atoms with E-state index in [1.54, 1.807) is 6.20 Å². The molecule has 22 heavy (non-hydrogen) atoms. The average Bonchev–Trinajstić information content (AvgIpc) is 2.99. The summed E-state index contributed by atoms with van der Waals surface area (Å²) in [4.78, 5) is 11.5. The first-order valence-corrected chi connectivity index (χ1v) is 8.09. The molecule has 1 aliphatic rings. The Hall–Kier alpha value is -1.52. The molecule has 0 atom stereocenters. The molecular weight excluding hydrogens is 321 g/mol. The highest BCUT2D eigenvalue weighted by Crippen LogP contribution is 2.41. The molecule has 2 aromatic rings. The molecule has 0 bridgehead atoms. The van der Waals surface area contributed by atoms with Crippen LogP contribution in [0.2, 0.25) is 10.0 Å². The van der Waals surface area contributed by atoms with Gasteiger partial charge in [-0.05, 0) is 30.5 Å². The van der Waals surface area contributed by atoms with Crippen molar-refractivity contribution in [1.82, 2.24) is 10.2 Å². The molecule has 0 radical (unpaired) electrons. The maximum Gasteiger partial charge on any atom is 0.285 e. The van der Waals surface area contributed by atoms with Crippen LogP contribution in [-0.2, 0) is 5.41 Å². The topological polar surface area (TPSA) is 57.8 Å². The highest BCUT2D eigenvalue weighted by Gasteiger charge is 2.35. The Labute approximate surface area is 138 Å². The third-order valence-electron chi connectivity index (χ3n) is 4.43. The highest BCUT2D eigenvalue weighted by molar-refractivity contribution is 6.32. The fourth-order valence-corrected chi connectivity index (χ4v) is 3.48. The summed E-state index contributed by atoms with van der Waals surface area (Å²) >= 11 is 12.0. The molecule has 1 heterocycles. The fraction of sp³-hybridized carbons (Fsp3) is 0.375. The van der Waals surface area contributed by atoms with Gasteiger partial charge < -0.3 is 5.32 Å². The Kier molecular flexibility index (Phi) is 4.41. The van der Waals surface area contributed by atoms with Crippen LogP contribution in [0.5, 0.6) is 0 Å². The molecule has 0 spiro atoms. The van der Waals surface area contributed by atoms with Gasteiger partial charge >= 0.3 is 0 Å². The number of anilines is 1. The van der Waals surface area contributed by atoms with E-state index in [1.165, 1.54) is 18.4 Å². The molecular formula is C16H17Cl2N3O. The number of nitrogens with zero attached hydrogens (tertiary/aromatic N) is 1. The molecule has 1 aliphatic carbocycles. The number of hydrogen-bond donors (Lipinski definition) is 2. The quantitative estimate of drug-likeness (QED) is 0.886. The van der Waals surface area contributed by atoms with Crippen molar-refractivity contribution in [3.8, 4) is 0 Å². The van der Waals surface area contributed by atoms with Gasteiger partial charge in [0, 0.05) is 17.0 Å². The van der Waals surface area contributed by atoms with Crippen molar-refractivity contribution in [1.29, 1.82) is 0 Å². The summed E-state index contributed by atoms with van der Waals surface area (Å²) in [6.07, 6.45) is 6.16. The van der Waals surface area contributed by atoms with Gasteiger partial charge in [0.15, 0.2) is 0 Å². The second-order valence-electron chi connectivity index (χ2n) is 5.77. The zero-order chi connectivity index (χ0) is 15.6. The summed E-state index contributed by atoms with van der Waals surface area (Å²) in [5.41, 5.74) is 1.52. The summed E-state index contributed by atoms with van der Waals surface area (Å²) in [5, 5.41) is 10.3. The Morgan fingerprint density at radius 1 is 1.18 bits per heavy atom. The Bertz CT molecular complexity index is 706. The van der Waals surface area contributed by atoms with Gasteiger partial charge in [0.25, 0.3) is 5.56 Å². The van der Waals surface area contributed by atoms with Gasteiger partial charge in [0.1, 0.15) is 5.02 Å². The Morgan fingerprint density at radius 3 is 2.55 bits per heavy atom. The van der Waals surface area contributed by atoms with E-state index in [0.29, 0.717) is 5.69 Å². The summed E-state index contributed by atoms with van der Waals surface area (Å²) in [6.45, 7) is 0.722. The van der Waals surface area contributed by atoms with Crippen molar-refractivity contribution >= 4 is 28.9 Å². The summed E-state index contributed by atoms with van der Waals surface area (Å²) in [6, 6.07) is 8.04. The molecule has 4 nitrogen and oxygen atoms in total. The van der Waals surface area contributed by atoms with Gasteiger partial charge in [-0.3, -0.25) is 4.79 Å². The highest BCUT2D eigenvalue weighted by atomic mass is 35.5. The van der Waals surface area contributed by atoms with Gasteiger partial charge in [0.05, 0.1) is 11.9 Å². The number of nitrogens with one attached hydrogen (secondary N) is 2. The van der Waals surface area contributed by atoms with Gasteiger partial charge in [-0.1, -0.05) is 48.2 Å². The molecule has 116 valence electrons. The minimum absolute atomic E-state index is 0.0521. The molecule has 0 amide bonds. The van der Waals surface area contributed by atoms with Crippen molar-refractivity contribution in [3.63, 3.8) is 0 Å². The van der Waals surface area contributed by atoms with Crippen LogP contribution in [0, 0.1) is 0 Å². The summed E-state index contributed by atoms with van der Waals surface area (Å²) in [7, 11) is 0. The number of rotatable bonds is 4. The van der Waals surface area contributed by atoms with Crippen LogP contribution in [0.3, 0.4) is 0 Å². The third kappa shape index (κ3) is 2.99. The first-order valence-electron chi connectivity index (χ1n) is 7.34. The van der Waals surface area contributed by atoms with Crippen molar-refractivity contribution in [2.24, 2.45) is 0 Å². The largest absolute Gasteiger partial charge is 0.381 e. The van der Waals surface area contributed by atoms with Crippen molar-refractivity contribution in [3.05, 3.63) is 56.4 Å². The maximum absolute atomic E-state index is 11.5. The molecule has 1 aromatic carbocycles. The molecule has 3 rings (SSSR count). The van der Waals surface area contributed by atoms with Crippen molar-refractivity contribution < 1.29 is 0 Å². The van der Waals surface area contributed by atoms with E-state index in [0.717, 1.165) is 24.4 Å². The molecule has 0 unspecified atom stereocenters. The first kappa shape index (κ1) is 15.4. The number of benzene rings is 1. The predicted molar refractivity (Wildman–Crippen MR) is 90.0 cm³/mol. The number of halogens is 2. The normalized spacial score (nSPS) is 16.6. The Morgan fingerprint density at radius 2 is 1.86 bits per heavy atom. The standard InChI is InChI=1S/C16H17Cl2N3O/c17-12-5-3-11(4-6-12)16(7-1-2-8-16)10-19-13-9-20-21-15(22)14(13)18/h3-6,9H,1-2,7-8,10H2,(H2,19,21,22). The van der Waals surface area contributed by atoms with Gasteiger partial charge in [-0.2, -0.15) is 5.10 Å². The minimum Gasteiger partial charge on any atom is -0.381 e. The SMILES string of the molecule is O=c1[nH]ncc(NCC2(c3ccc(Cl)cc3)CCCC2)c1Cl. The maximum atomic E-state index is 11.5. The van der Waals surface area contributed by atoms with Gasteiger partial charge in [-0.25, -0.2) is 5.10 Å². The second kappa shape index (κ2) is 6.31. The van der Waals surface area contributed by atoms with Crippen LogP contribution in [0.15, 0.2) is 35.3 Å². The van der Waals surface area contributed by atoms with Gasteiger partial charge in [0.2, 0.25) is 0 Å². The Balaban J connectivity index is 1.84. The van der Waals surface area contributed by atoms with E-state index in [1.807, 2.05) is 12.1 Å². The van der Waals surface area contributed by atoms with Crippen LogP contribution < -0.4 is 10.9 Å². The lowest BCUT2D eigenvalue weighted by molar-refractivity contribution is 0.467. The third-order valence-corrected chi connectivity index (χ3v) is 5.06. The second-order valence-corrected chi connectivity index (χ2v) is 6.59. The molecule has 1 saturated carbocycles. The van der Waals surface area contributed by atoms with Gasteiger partial charge in [-0.15, -0.1) is 0 Å². The number of hydrogen-bond acceptors (Lipinski definition) is 3. The van der Waals surface area contributed by atoms with Crippen LogP contribution >= 0.6 is 23.2 Å². The molecule has 2 N–H and O–H groups in total. The molecule has 0 aliphatic heterocycles. The van der Waals surface area contributed by atoms with E-state index < -0.39 is 0 Å². The zero-order valence-electron chi connectivity index (χ0n) is 12.0.